The summed E-state index contributed by atoms with van der Waals surface area (Å²) >= 11 is 1.65. The fraction of sp³-hybridized carbons (Fsp3) is 0.333. The van der Waals surface area contributed by atoms with Crippen molar-refractivity contribution in [1.82, 2.24) is 14.0 Å². The van der Waals surface area contributed by atoms with Gasteiger partial charge in [-0.2, -0.15) is 0 Å². The minimum Gasteiger partial charge on any atom is -0.339 e. The number of imidazole rings is 1. The fourth-order valence-corrected chi connectivity index (χ4v) is 3.82. The minimum atomic E-state index is -0.132. The highest BCUT2D eigenvalue weighted by atomic mass is 32.1. The number of hydrogen-bond donors (Lipinski definition) is 0. The van der Waals surface area contributed by atoms with Crippen molar-refractivity contribution in [3.8, 4) is 0 Å². The van der Waals surface area contributed by atoms with E-state index in [0.717, 1.165) is 11.0 Å². The monoisotopic (exact) mass is 343 g/mol. The number of rotatable bonds is 5. The predicted octanol–water partition coefficient (Wildman–Crippen LogP) is 2.85. The lowest BCUT2D eigenvalue weighted by Gasteiger charge is -2.17. The Hall–Kier alpha value is -2.34. The lowest BCUT2D eigenvalue weighted by atomic mass is 10.3. The summed E-state index contributed by atoms with van der Waals surface area (Å²) in [7, 11) is 1.78. The molecule has 0 aliphatic carbocycles. The molecule has 2 heterocycles. The summed E-state index contributed by atoms with van der Waals surface area (Å²) in [6.07, 6.45) is 0. The quantitative estimate of drug-likeness (QED) is 0.715. The number of para-hydroxylation sites is 2. The molecular formula is C18H21N3O2S. The van der Waals surface area contributed by atoms with Crippen LogP contribution in [0.1, 0.15) is 17.4 Å². The zero-order chi connectivity index (χ0) is 17.3. The van der Waals surface area contributed by atoms with Gasteiger partial charge in [0.15, 0.2) is 0 Å². The highest BCUT2D eigenvalue weighted by molar-refractivity contribution is 7.10. The van der Waals surface area contributed by atoms with Crippen LogP contribution in [0, 0.1) is 6.92 Å². The van der Waals surface area contributed by atoms with Gasteiger partial charge in [-0.05, 0) is 43.0 Å². The smallest absolute Gasteiger partial charge is 0.329 e. The third kappa shape index (κ3) is 2.89. The van der Waals surface area contributed by atoms with Crippen LogP contribution in [0.25, 0.3) is 11.0 Å². The van der Waals surface area contributed by atoms with Crippen molar-refractivity contribution >= 4 is 28.3 Å². The number of aromatic nitrogens is 2. The number of nitrogens with zero attached hydrogens (tertiary/aromatic N) is 3. The van der Waals surface area contributed by atoms with Crippen LogP contribution in [0.4, 0.5) is 0 Å². The molecule has 0 aliphatic rings. The number of hydrogen-bond acceptors (Lipinski definition) is 3. The predicted molar refractivity (Wildman–Crippen MR) is 97.4 cm³/mol. The van der Waals surface area contributed by atoms with Gasteiger partial charge in [-0.15, -0.1) is 11.3 Å². The van der Waals surface area contributed by atoms with E-state index in [1.165, 1.54) is 10.4 Å². The number of amides is 1. The summed E-state index contributed by atoms with van der Waals surface area (Å²) in [5.41, 5.74) is 2.74. The first-order valence-corrected chi connectivity index (χ1v) is 8.86. The zero-order valence-corrected chi connectivity index (χ0v) is 15.0. The maximum atomic E-state index is 12.6. The first-order chi connectivity index (χ1) is 11.5. The summed E-state index contributed by atoms with van der Waals surface area (Å²) in [4.78, 5) is 28.1. The highest BCUT2D eigenvalue weighted by Crippen LogP contribution is 2.18. The number of fused-ring (bicyclic) bond motifs is 1. The molecule has 0 atom stereocenters. The lowest BCUT2D eigenvalue weighted by Crippen LogP contribution is -2.34. The van der Waals surface area contributed by atoms with Crippen LogP contribution < -0.4 is 5.69 Å². The van der Waals surface area contributed by atoms with Crippen molar-refractivity contribution in [2.75, 3.05) is 7.05 Å². The molecule has 0 saturated heterocycles. The second-order valence-electron chi connectivity index (χ2n) is 5.88. The lowest BCUT2D eigenvalue weighted by molar-refractivity contribution is -0.131. The van der Waals surface area contributed by atoms with Gasteiger partial charge in [-0.3, -0.25) is 13.9 Å². The van der Waals surface area contributed by atoms with Crippen molar-refractivity contribution in [3.05, 3.63) is 56.6 Å². The molecule has 1 amide bonds. The summed E-state index contributed by atoms with van der Waals surface area (Å²) < 4.78 is 3.27. The van der Waals surface area contributed by atoms with Crippen molar-refractivity contribution in [2.24, 2.45) is 0 Å². The molecule has 0 spiro atoms. The minimum absolute atomic E-state index is 0.0628. The third-order valence-corrected chi connectivity index (χ3v) is 5.32. The molecule has 0 N–H and O–H groups in total. The molecule has 5 nitrogen and oxygen atoms in total. The third-order valence-electron chi connectivity index (χ3n) is 4.31. The van der Waals surface area contributed by atoms with Crippen molar-refractivity contribution < 1.29 is 4.79 Å². The molecule has 6 heteroatoms. The van der Waals surface area contributed by atoms with Crippen LogP contribution in [-0.2, 0) is 24.4 Å². The van der Waals surface area contributed by atoms with Gasteiger partial charge in [-0.1, -0.05) is 12.1 Å². The summed E-state index contributed by atoms with van der Waals surface area (Å²) in [6, 6.07) is 9.66. The van der Waals surface area contributed by atoms with Gasteiger partial charge in [0.25, 0.3) is 0 Å². The van der Waals surface area contributed by atoms with Crippen LogP contribution >= 0.6 is 11.3 Å². The molecule has 0 aliphatic heterocycles. The SMILES string of the molecule is CCn1c(=O)n(CC(=O)N(C)Cc2sccc2C)c2ccccc21. The van der Waals surface area contributed by atoms with Crippen molar-refractivity contribution in [3.63, 3.8) is 0 Å². The van der Waals surface area contributed by atoms with E-state index in [2.05, 4.69) is 6.07 Å². The molecule has 24 heavy (non-hydrogen) atoms. The van der Waals surface area contributed by atoms with Crippen molar-refractivity contribution in [2.45, 2.75) is 33.5 Å². The maximum absolute atomic E-state index is 12.6. The fourth-order valence-electron chi connectivity index (χ4n) is 2.86. The second kappa shape index (κ2) is 6.65. The molecule has 3 aromatic rings. The summed E-state index contributed by atoms with van der Waals surface area (Å²) in [6.45, 7) is 5.21. The molecule has 0 radical (unpaired) electrons. The molecule has 126 valence electrons. The second-order valence-corrected chi connectivity index (χ2v) is 6.88. The van der Waals surface area contributed by atoms with Gasteiger partial charge in [0.2, 0.25) is 5.91 Å². The van der Waals surface area contributed by atoms with Crippen molar-refractivity contribution in [1.29, 1.82) is 0 Å². The molecule has 0 fully saturated rings. The Kier molecular flexibility index (Phi) is 4.57. The standard InChI is InChI=1S/C18H21N3O2S/c1-4-20-14-7-5-6-8-15(14)21(18(20)23)12-17(22)19(3)11-16-13(2)9-10-24-16/h5-10H,4,11-12H2,1-3H3. The number of benzene rings is 1. The van der Waals surface area contributed by atoms with Gasteiger partial charge in [0.1, 0.15) is 6.54 Å². The topological polar surface area (TPSA) is 47.2 Å². The molecule has 2 aromatic heterocycles. The number of aryl methyl sites for hydroxylation is 2. The first kappa shape index (κ1) is 16.5. The molecule has 0 saturated carbocycles. The van der Waals surface area contributed by atoms with Crippen LogP contribution in [0.2, 0.25) is 0 Å². The summed E-state index contributed by atoms with van der Waals surface area (Å²) in [5, 5.41) is 2.03. The number of carbonyl (C=O) groups excluding carboxylic acids is 1. The van der Waals surface area contributed by atoms with E-state index >= 15 is 0 Å². The Morgan fingerprint density at radius 1 is 1.17 bits per heavy atom. The van der Waals surface area contributed by atoms with E-state index in [1.807, 2.05) is 43.5 Å². The molecular weight excluding hydrogens is 322 g/mol. The van der Waals surface area contributed by atoms with Crippen LogP contribution in [0.15, 0.2) is 40.5 Å². The normalized spacial score (nSPS) is 11.1. The summed E-state index contributed by atoms with van der Waals surface area (Å²) in [5.74, 6) is -0.0658. The van der Waals surface area contributed by atoms with Gasteiger partial charge in [-0.25, -0.2) is 4.79 Å². The average molecular weight is 343 g/mol. The number of thiophene rings is 1. The van der Waals surface area contributed by atoms with E-state index in [9.17, 15) is 9.59 Å². The molecule has 0 unspecified atom stereocenters. The largest absolute Gasteiger partial charge is 0.339 e. The first-order valence-electron chi connectivity index (χ1n) is 7.98. The molecule has 1 aromatic carbocycles. The highest BCUT2D eigenvalue weighted by Gasteiger charge is 2.17. The van der Waals surface area contributed by atoms with E-state index in [0.29, 0.717) is 13.1 Å². The number of likely N-dealkylation sites (N-methyl/N-ethyl adjacent to an activating group) is 1. The Labute approximate surface area is 144 Å². The van der Waals surface area contributed by atoms with Gasteiger partial charge in [0.05, 0.1) is 17.6 Å². The Bertz CT molecular complexity index is 935. The van der Waals surface area contributed by atoms with Crippen LogP contribution in [0.3, 0.4) is 0 Å². The van der Waals surface area contributed by atoms with E-state index < -0.39 is 0 Å². The molecule has 3 rings (SSSR count). The van der Waals surface area contributed by atoms with E-state index in [1.54, 1.807) is 32.4 Å². The zero-order valence-electron chi connectivity index (χ0n) is 14.2. The van der Waals surface area contributed by atoms with E-state index in [-0.39, 0.29) is 18.1 Å². The van der Waals surface area contributed by atoms with Gasteiger partial charge < -0.3 is 4.90 Å². The Morgan fingerprint density at radius 2 is 1.83 bits per heavy atom. The Balaban J connectivity index is 1.87. The molecule has 0 bridgehead atoms. The number of carbonyl (C=O) groups is 1. The van der Waals surface area contributed by atoms with Gasteiger partial charge in [0, 0.05) is 18.5 Å². The Morgan fingerprint density at radius 3 is 2.42 bits per heavy atom. The van der Waals surface area contributed by atoms with Crippen LogP contribution in [-0.4, -0.2) is 27.0 Å². The van der Waals surface area contributed by atoms with Crippen LogP contribution in [0.5, 0.6) is 0 Å². The maximum Gasteiger partial charge on any atom is 0.329 e. The van der Waals surface area contributed by atoms with Gasteiger partial charge >= 0.3 is 5.69 Å². The van der Waals surface area contributed by atoms with E-state index in [4.69, 9.17) is 0 Å². The average Bonchev–Trinajstić information content (AvgIpc) is 3.09.